The summed E-state index contributed by atoms with van der Waals surface area (Å²) < 4.78 is 45.5. The smallest absolute Gasteiger partial charge is 0.188 e. The van der Waals surface area contributed by atoms with Crippen LogP contribution in [-0.4, -0.2) is 58.1 Å². The molecular formula is C61H51F3N3S3Si+3. The van der Waals surface area contributed by atoms with Gasteiger partial charge in [-0.1, -0.05) is 212 Å². The number of alkyl halides is 3. The van der Waals surface area contributed by atoms with E-state index in [4.69, 9.17) is 0 Å². The molecule has 3 aliphatic heterocycles. The fraction of sp³-hybridized carbons (Fsp3) is 0.0984. The van der Waals surface area contributed by atoms with E-state index in [0.29, 0.717) is 22.3 Å². The summed E-state index contributed by atoms with van der Waals surface area (Å²) in [5.41, 5.74) is 7.59. The predicted octanol–water partition coefficient (Wildman–Crippen LogP) is 13.9. The molecule has 3 nitrogen and oxygen atoms in total. The number of benzene rings is 8. The molecule has 3 heterocycles. The Morgan fingerprint density at radius 1 is 0.423 bits per heavy atom. The second kappa shape index (κ2) is 21.7. The average molecular weight is 1010 g/mol. The maximum absolute atomic E-state index is 13.0. The quantitative estimate of drug-likeness (QED) is 0.0894. The Labute approximate surface area is 428 Å². The van der Waals surface area contributed by atoms with Crippen molar-refractivity contribution < 1.29 is 26.9 Å². The van der Waals surface area contributed by atoms with Crippen molar-refractivity contribution in [3.8, 4) is 0 Å². The summed E-state index contributed by atoms with van der Waals surface area (Å²) in [5, 5.41) is 4.41. The van der Waals surface area contributed by atoms with Gasteiger partial charge in [0.25, 0.3) is 0 Å². The van der Waals surface area contributed by atoms with E-state index >= 15 is 0 Å². The van der Waals surface area contributed by atoms with Gasteiger partial charge in [0.2, 0.25) is 17.1 Å². The van der Waals surface area contributed by atoms with Crippen molar-refractivity contribution >= 4 is 94.6 Å². The second-order valence-corrected chi connectivity index (χ2v) is 24.3. The van der Waals surface area contributed by atoms with Crippen LogP contribution in [0.15, 0.2) is 245 Å². The molecule has 0 atom stereocenters. The highest BCUT2D eigenvalue weighted by molar-refractivity contribution is 7.99. The number of thioether (sulfide) groups is 3. The number of nitrogens with zero attached hydrogens (tertiary/aromatic N) is 3. The molecule has 0 saturated heterocycles. The summed E-state index contributed by atoms with van der Waals surface area (Å²) in [6.07, 6.45) is 10.9. The van der Waals surface area contributed by atoms with Crippen molar-refractivity contribution in [3.05, 3.63) is 258 Å². The molecule has 10 heteroatoms. The molecule has 71 heavy (non-hydrogen) atoms. The molecule has 0 bridgehead atoms. The summed E-state index contributed by atoms with van der Waals surface area (Å²) in [5.74, 6) is 2.81. The van der Waals surface area contributed by atoms with Gasteiger partial charge in [-0.15, -0.1) is 0 Å². The Hall–Kier alpha value is -6.69. The maximum Gasteiger partial charge on any atom is 0.417 e. The third-order valence-corrected chi connectivity index (χ3v) is 21.1. The zero-order valence-corrected chi connectivity index (χ0v) is 42.5. The van der Waals surface area contributed by atoms with E-state index < -0.39 is 19.8 Å². The van der Waals surface area contributed by atoms with Crippen molar-refractivity contribution in [2.75, 3.05) is 17.6 Å². The lowest BCUT2D eigenvalue weighted by molar-refractivity contribution is -0.411. The van der Waals surface area contributed by atoms with E-state index in [0.717, 1.165) is 23.5 Å². The van der Waals surface area contributed by atoms with Crippen LogP contribution < -0.4 is 15.6 Å². The summed E-state index contributed by atoms with van der Waals surface area (Å²) in [6.45, 7) is 2.50. The Morgan fingerprint density at radius 3 is 1.27 bits per heavy atom. The molecule has 1 aliphatic carbocycles. The monoisotopic (exact) mass is 1010 g/mol. The minimum atomic E-state index is -4.30. The SMILES string of the molecule is C1=CC(c2cccc3c2SC[N+](c2ccccc2)=C3)C=C1.C[Si](c1ccccc1)(c1ccccc1)c1cccc2c1SC[N+](c1ccccc1)=C2.FC(F)(F)c1cccc2c1SC[N+](c1ccccc1)=C2. The van der Waals surface area contributed by atoms with Gasteiger partial charge >= 0.3 is 6.18 Å². The molecule has 350 valence electrons. The minimum absolute atomic E-state index is 0.312. The molecule has 0 amide bonds. The molecule has 0 spiro atoms. The van der Waals surface area contributed by atoms with Gasteiger partial charge in [0, 0.05) is 57.0 Å². The molecule has 0 saturated carbocycles. The van der Waals surface area contributed by atoms with Crippen LogP contribution in [-0.2, 0) is 6.18 Å². The normalized spacial score (nSPS) is 14.8. The van der Waals surface area contributed by atoms with Crippen molar-refractivity contribution in [3.63, 3.8) is 0 Å². The molecule has 12 rings (SSSR count). The number of para-hydroxylation sites is 3. The lowest BCUT2D eigenvalue weighted by atomic mass is 9.98. The Kier molecular flexibility index (Phi) is 14.7. The number of hydrogen-bond donors (Lipinski definition) is 0. The molecule has 4 aliphatic rings. The first-order chi connectivity index (χ1) is 34.7. The zero-order chi connectivity index (χ0) is 48.6. The molecule has 0 fully saturated rings. The van der Waals surface area contributed by atoms with E-state index in [1.165, 1.54) is 71.2 Å². The van der Waals surface area contributed by atoms with E-state index in [2.05, 4.69) is 210 Å². The van der Waals surface area contributed by atoms with Crippen LogP contribution in [0.1, 0.15) is 33.7 Å². The Morgan fingerprint density at radius 2 is 0.803 bits per heavy atom. The largest absolute Gasteiger partial charge is 0.417 e. The number of rotatable bonds is 7. The van der Waals surface area contributed by atoms with Gasteiger partial charge in [0.1, 0.15) is 8.07 Å². The first kappa shape index (κ1) is 48.0. The van der Waals surface area contributed by atoms with Gasteiger partial charge in [-0.25, -0.2) is 0 Å². The van der Waals surface area contributed by atoms with Crippen LogP contribution in [0.3, 0.4) is 0 Å². The molecule has 0 N–H and O–H groups in total. The molecular weight excluding hydrogens is 956 g/mol. The lowest BCUT2D eigenvalue weighted by Gasteiger charge is -2.32. The average Bonchev–Trinajstić information content (AvgIpc) is 3.99. The van der Waals surface area contributed by atoms with Crippen LogP contribution in [0.2, 0.25) is 6.55 Å². The second-order valence-electron chi connectivity index (χ2n) is 17.5. The van der Waals surface area contributed by atoms with Gasteiger partial charge in [-0.3, -0.25) is 0 Å². The van der Waals surface area contributed by atoms with E-state index in [1.54, 1.807) is 12.3 Å². The molecule has 8 aromatic rings. The van der Waals surface area contributed by atoms with Gasteiger partial charge < -0.3 is 0 Å². The van der Waals surface area contributed by atoms with Crippen molar-refractivity contribution in [1.29, 1.82) is 0 Å². The highest BCUT2D eigenvalue weighted by Gasteiger charge is 2.39. The van der Waals surface area contributed by atoms with Gasteiger partial charge in [-0.2, -0.15) is 26.9 Å². The summed E-state index contributed by atoms with van der Waals surface area (Å²) >= 11 is 5.12. The van der Waals surface area contributed by atoms with E-state index in [9.17, 15) is 13.2 Å². The van der Waals surface area contributed by atoms with Gasteiger partial charge in [0.05, 0.1) is 22.3 Å². The van der Waals surface area contributed by atoms with Crippen molar-refractivity contribution in [1.82, 2.24) is 0 Å². The fourth-order valence-corrected chi connectivity index (χ4v) is 17.1. The summed E-state index contributed by atoms with van der Waals surface area (Å²) in [6, 6.07) is 70.8. The highest BCUT2D eigenvalue weighted by Crippen LogP contribution is 2.41. The van der Waals surface area contributed by atoms with Crippen LogP contribution in [0.4, 0.5) is 30.2 Å². The predicted molar refractivity (Wildman–Crippen MR) is 296 cm³/mol. The van der Waals surface area contributed by atoms with Crippen LogP contribution in [0.25, 0.3) is 0 Å². The van der Waals surface area contributed by atoms with Crippen molar-refractivity contribution in [2.24, 2.45) is 0 Å². The standard InChI is InChI=1S/C27H24NSSi.C19H16NS.C15H11F3NS/c1-30(24-15-7-3-8-16-24,25-17-9-4-10-18-25)26-19-11-12-22-20-28(21-29-27(22)26)23-13-5-2-6-14-23;1-2-10-17(11-3-1)20-13-16-9-6-12-18(19(16)21-14-20)15-7-4-5-8-15;16-15(17,18)13-8-4-5-11-9-19(10-20-14(11)13)12-6-2-1-3-7-12/h2-20H,21H2,1H3;1-13,15H,14H2;1-9H,10H2/q3*+1. The summed E-state index contributed by atoms with van der Waals surface area (Å²) in [7, 11) is -2.12. The van der Waals surface area contributed by atoms with E-state index in [1.807, 2.05) is 58.4 Å². The first-order valence-corrected chi connectivity index (χ1v) is 29.0. The van der Waals surface area contributed by atoms with Gasteiger partial charge in [-0.05, 0) is 45.4 Å². The van der Waals surface area contributed by atoms with Crippen LogP contribution in [0, 0.1) is 0 Å². The molecule has 0 radical (unpaired) electrons. The molecule has 0 unspecified atom stereocenters. The third kappa shape index (κ3) is 10.7. The Balaban J connectivity index is 0.000000127. The first-order valence-electron chi connectivity index (χ1n) is 23.5. The Bertz CT molecular complexity index is 3250. The number of halogens is 3. The van der Waals surface area contributed by atoms with Gasteiger partial charge in [0.15, 0.2) is 36.3 Å². The molecule has 0 aromatic heterocycles. The van der Waals surface area contributed by atoms with E-state index in [-0.39, 0.29) is 0 Å². The molecule has 8 aromatic carbocycles. The minimum Gasteiger partial charge on any atom is -0.188 e. The number of hydrogen-bond acceptors (Lipinski definition) is 3. The number of allylic oxidation sites excluding steroid dienone is 4. The number of fused-ring (bicyclic) bond motifs is 3. The third-order valence-electron chi connectivity index (χ3n) is 13.0. The fourth-order valence-electron chi connectivity index (χ4n) is 9.34. The topological polar surface area (TPSA) is 9.03 Å². The lowest BCUT2D eigenvalue weighted by Crippen LogP contribution is -2.65. The van der Waals surface area contributed by atoms with Crippen molar-refractivity contribution in [2.45, 2.75) is 33.3 Å². The zero-order valence-electron chi connectivity index (χ0n) is 39.1. The highest BCUT2D eigenvalue weighted by atomic mass is 32.2. The maximum atomic E-state index is 13.0. The van der Waals surface area contributed by atoms with Crippen LogP contribution in [0.5, 0.6) is 0 Å². The summed E-state index contributed by atoms with van der Waals surface area (Å²) in [4.78, 5) is 3.17. The van der Waals surface area contributed by atoms with Crippen LogP contribution >= 0.6 is 35.3 Å².